The van der Waals surface area contributed by atoms with E-state index < -0.39 is 12.1 Å². The second kappa shape index (κ2) is 18.5. The summed E-state index contributed by atoms with van der Waals surface area (Å²) in [6.07, 6.45) is 18.1. The lowest BCUT2D eigenvalue weighted by atomic mass is 10.0. The lowest BCUT2D eigenvalue weighted by Crippen LogP contribution is -2.01. The maximum atomic E-state index is 10.3. The number of rotatable bonds is 15. The zero-order valence-corrected chi connectivity index (χ0v) is 17.0. The third-order valence-electron chi connectivity index (χ3n) is 4.48. The average molecular weight is 373 g/mol. The molecular weight excluding hydrogens is 332 g/mol. The number of hydrogen-bond donors (Lipinski definition) is 1. The predicted molar refractivity (Wildman–Crippen MR) is 104 cm³/mol. The Morgan fingerprint density at radius 3 is 1.58 bits per heavy atom. The first kappa shape index (κ1) is 24.7. The number of carboxylic acid groups (broad SMARTS) is 1. The van der Waals surface area contributed by atoms with E-state index in [2.05, 4.69) is 16.4 Å². The van der Waals surface area contributed by atoms with Crippen LogP contribution >= 0.6 is 0 Å². The van der Waals surface area contributed by atoms with E-state index in [1.165, 1.54) is 77.0 Å². The standard InChI is InChI=1S/C17H34O2.C4H6O3/c1-2-3-4-5-6-7-8-9-10-11-12-13-14-15-16-17(18)19;1-3-2-6-4(5)7-3/h2-16H2,1H3,(H,18,19);3H,2H2,1H3. The molecule has 1 N–H and O–H groups in total. The van der Waals surface area contributed by atoms with E-state index in [1.54, 1.807) is 6.92 Å². The van der Waals surface area contributed by atoms with Gasteiger partial charge < -0.3 is 14.6 Å². The number of carboxylic acids is 1. The van der Waals surface area contributed by atoms with E-state index in [-0.39, 0.29) is 6.10 Å². The van der Waals surface area contributed by atoms with Gasteiger partial charge in [-0.15, -0.1) is 0 Å². The average Bonchev–Trinajstić information content (AvgIpc) is 2.98. The molecule has 1 saturated heterocycles. The molecular formula is C21H40O5. The highest BCUT2D eigenvalue weighted by atomic mass is 16.8. The molecule has 0 aromatic carbocycles. The molecule has 0 saturated carbocycles. The molecule has 0 aromatic heterocycles. The largest absolute Gasteiger partial charge is 0.508 e. The zero-order valence-electron chi connectivity index (χ0n) is 17.0. The molecule has 0 amide bonds. The minimum Gasteiger partial charge on any atom is -0.481 e. The van der Waals surface area contributed by atoms with E-state index in [4.69, 9.17) is 5.11 Å². The van der Waals surface area contributed by atoms with Crippen molar-refractivity contribution < 1.29 is 24.2 Å². The number of carbonyl (C=O) groups is 2. The summed E-state index contributed by atoms with van der Waals surface area (Å²) in [5, 5.41) is 8.50. The fourth-order valence-electron chi connectivity index (χ4n) is 2.89. The molecule has 0 bridgehead atoms. The summed E-state index contributed by atoms with van der Waals surface area (Å²) in [5.74, 6) is -0.654. The van der Waals surface area contributed by atoms with Crippen molar-refractivity contribution in [2.24, 2.45) is 0 Å². The van der Waals surface area contributed by atoms with Gasteiger partial charge in [0.15, 0.2) is 0 Å². The first-order valence-corrected chi connectivity index (χ1v) is 10.6. The van der Waals surface area contributed by atoms with Crippen molar-refractivity contribution >= 4 is 12.1 Å². The molecule has 5 heteroatoms. The van der Waals surface area contributed by atoms with Gasteiger partial charge in [0.1, 0.15) is 12.7 Å². The van der Waals surface area contributed by atoms with Crippen molar-refractivity contribution in [3.8, 4) is 0 Å². The Morgan fingerprint density at radius 1 is 0.885 bits per heavy atom. The molecule has 1 aliphatic heterocycles. The van der Waals surface area contributed by atoms with E-state index in [1.807, 2.05) is 0 Å². The molecule has 1 rings (SSSR count). The lowest BCUT2D eigenvalue weighted by Gasteiger charge is -2.02. The smallest absolute Gasteiger partial charge is 0.481 e. The third-order valence-corrected chi connectivity index (χ3v) is 4.48. The highest BCUT2D eigenvalue weighted by molar-refractivity contribution is 5.66. The molecule has 1 aliphatic rings. The first-order chi connectivity index (χ1) is 12.6. The SMILES string of the molecule is CC1COC(=O)O1.CCCCCCCCCCCCCCCCC(=O)O. The van der Waals surface area contributed by atoms with Crippen LogP contribution in [0.2, 0.25) is 0 Å². The van der Waals surface area contributed by atoms with Crippen LogP contribution in [-0.2, 0) is 14.3 Å². The second-order valence-corrected chi connectivity index (χ2v) is 7.23. The Labute approximate surface area is 159 Å². The van der Waals surface area contributed by atoms with E-state index in [0.717, 1.165) is 12.8 Å². The molecule has 154 valence electrons. The summed E-state index contributed by atoms with van der Waals surface area (Å²) in [7, 11) is 0. The van der Waals surface area contributed by atoms with Gasteiger partial charge in [0, 0.05) is 6.42 Å². The van der Waals surface area contributed by atoms with E-state index in [0.29, 0.717) is 13.0 Å². The molecule has 1 fully saturated rings. The topological polar surface area (TPSA) is 72.8 Å². The fraction of sp³-hybridized carbons (Fsp3) is 0.905. The minimum atomic E-state index is -0.654. The van der Waals surface area contributed by atoms with Crippen LogP contribution in [0.3, 0.4) is 0 Å². The van der Waals surface area contributed by atoms with Crippen molar-refractivity contribution in [2.45, 2.75) is 116 Å². The fourth-order valence-corrected chi connectivity index (χ4v) is 2.89. The summed E-state index contributed by atoms with van der Waals surface area (Å²) in [6, 6.07) is 0. The van der Waals surface area contributed by atoms with Gasteiger partial charge in [0.2, 0.25) is 0 Å². The minimum absolute atomic E-state index is 0.0486. The molecule has 0 radical (unpaired) electrons. The number of cyclic esters (lactones) is 2. The maximum absolute atomic E-state index is 10.3. The Bertz CT molecular complexity index is 343. The molecule has 0 aromatic rings. The Hall–Kier alpha value is -1.26. The molecule has 0 spiro atoms. The number of ether oxygens (including phenoxy) is 2. The monoisotopic (exact) mass is 372 g/mol. The number of unbranched alkanes of at least 4 members (excludes halogenated alkanes) is 13. The van der Waals surface area contributed by atoms with Crippen molar-refractivity contribution in [1.82, 2.24) is 0 Å². The van der Waals surface area contributed by atoms with Crippen LogP contribution in [-0.4, -0.2) is 29.9 Å². The normalized spacial score (nSPS) is 15.8. The van der Waals surface area contributed by atoms with Gasteiger partial charge in [-0.3, -0.25) is 4.79 Å². The number of hydrogen-bond acceptors (Lipinski definition) is 4. The van der Waals surface area contributed by atoms with E-state index >= 15 is 0 Å². The van der Waals surface area contributed by atoms with Crippen molar-refractivity contribution in [2.75, 3.05) is 6.61 Å². The lowest BCUT2D eigenvalue weighted by molar-refractivity contribution is -0.137. The molecule has 26 heavy (non-hydrogen) atoms. The number of aliphatic carboxylic acids is 1. The first-order valence-electron chi connectivity index (χ1n) is 10.6. The van der Waals surface area contributed by atoms with Gasteiger partial charge in [-0.2, -0.15) is 0 Å². The maximum Gasteiger partial charge on any atom is 0.508 e. The van der Waals surface area contributed by atoms with Crippen LogP contribution in [0.4, 0.5) is 4.79 Å². The molecule has 0 aliphatic carbocycles. The molecule has 5 nitrogen and oxygen atoms in total. The van der Waals surface area contributed by atoms with Gasteiger partial charge in [-0.05, 0) is 13.3 Å². The van der Waals surface area contributed by atoms with Gasteiger partial charge in [-0.1, -0.05) is 90.4 Å². The van der Waals surface area contributed by atoms with Gasteiger partial charge in [-0.25, -0.2) is 4.79 Å². The third kappa shape index (κ3) is 19.1. The van der Waals surface area contributed by atoms with Gasteiger partial charge in [0.05, 0.1) is 0 Å². The van der Waals surface area contributed by atoms with Crippen LogP contribution in [0.15, 0.2) is 0 Å². The van der Waals surface area contributed by atoms with Crippen LogP contribution in [0, 0.1) is 0 Å². The van der Waals surface area contributed by atoms with Crippen LogP contribution in [0.1, 0.15) is 110 Å². The quantitative estimate of drug-likeness (QED) is 0.263. The van der Waals surface area contributed by atoms with E-state index in [9.17, 15) is 9.59 Å². The summed E-state index contributed by atoms with van der Waals surface area (Å²) >= 11 is 0. The summed E-state index contributed by atoms with van der Waals surface area (Å²) in [5.41, 5.74) is 0. The number of carbonyl (C=O) groups excluding carboxylic acids is 1. The van der Waals surface area contributed by atoms with Crippen molar-refractivity contribution in [3.63, 3.8) is 0 Å². The second-order valence-electron chi connectivity index (χ2n) is 7.23. The predicted octanol–water partition coefficient (Wildman–Crippen LogP) is 6.48. The highest BCUT2D eigenvalue weighted by Gasteiger charge is 2.19. The molecule has 1 atom stereocenters. The van der Waals surface area contributed by atoms with Crippen molar-refractivity contribution in [1.29, 1.82) is 0 Å². The van der Waals surface area contributed by atoms with Crippen LogP contribution in [0.25, 0.3) is 0 Å². The summed E-state index contributed by atoms with van der Waals surface area (Å²) < 4.78 is 8.90. The Morgan fingerprint density at radius 2 is 1.31 bits per heavy atom. The Kier molecular flexibility index (Phi) is 17.6. The summed E-state index contributed by atoms with van der Waals surface area (Å²) in [6.45, 7) is 4.45. The zero-order chi connectivity index (χ0) is 19.5. The van der Waals surface area contributed by atoms with Gasteiger partial charge in [0.25, 0.3) is 0 Å². The highest BCUT2D eigenvalue weighted by Crippen LogP contribution is 2.13. The molecule has 1 unspecified atom stereocenters. The van der Waals surface area contributed by atoms with Gasteiger partial charge >= 0.3 is 12.1 Å². The van der Waals surface area contributed by atoms with Crippen LogP contribution < -0.4 is 0 Å². The molecule has 1 heterocycles. The van der Waals surface area contributed by atoms with Crippen LogP contribution in [0.5, 0.6) is 0 Å². The van der Waals surface area contributed by atoms with Crippen molar-refractivity contribution in [3.05, 3.63) is 0 Å². The Balaban J connectivity index is 0.000000735. The summed E-state index contributed by atoms with van der Waals surface area (Å²) in [4.78, 5) is 20.3.